The van der Waals surface area contributed by atoms with Gasteiger partial charge < -0.3 is 5.11 Å². The average molecular weight is 197 g/mol. The Morgan fingerprint density at radius 3 is 2.69 bits per heavy atom. The van der Waals surface area contributed by atoms with Crippen molar-refractivity contribution in [2.75, 3.05) is 0 Å². The summed E-state index contributed by atoms with van der Waals surface area (Å²) < 4.78 is 4.11. The molecule has 0 radical (unpaired) electrons. The van der Waals surface area contributed by atoms with Gasteiger partial charge in [-0.25, -0.2) is 4.37 Å². The molecule has 1 aromatic heterocycles. The summed E-state index contributed by atoms with van der Waals surface area (Å²) in [6.45, 7) is 4.08. The Kier molecular flexibility index (Phi) is 1.96. The van der Waals surface area contributed by atoms with Crippen molar-refractivity contribution in [2.45, 2.75) is 44.1 Å². The molecular formula is C10H15NOS. The number of aliphatic hydroxyl groups is 1. The van der Waals surface area contributed by atoms with Gasteiger partial charge in [0.25, 0.3) is 0 Å². The molecule has 1 aliphatic carbocycles. The fraction of sp³-hybridized carbons (Fsp3) is 0.700. The maximum atomic E-state index is 10.3. The fourth-order valence-corrected chi connectivity index (χ4v) is 2.93. The Morgan fingerprint density at radius 2 is 2.23 bits per heavy atom. The van der Waals surface area contributed by atoms with E-state index >= 15 is 0 Å². The van der Waals surface area contributed by atoms with E-state index in [0.29, 0.717) is 0 Å². The smallest absolute Gasteiger partial charge is 0.0714 e. The summed E-state index contributed by atoms with van der Waals surface area (Å²) in [7, 11) is 0. The molecule has 2 nitrogen and oxygen atoms in total. The summed E-state index contributed by atoms with van der Waals surface area (Å²) >= 11 is 1.46. The van der Waals surface area contributed by atoms with Crippen LogP contribution in [0.5, 0.6) is 0 Å². The van der Waals surface area contributed by atoms with Crippen molar-refractivity contribution in [1.82, 2.24) is 4.37 Å². The topological polar surface area (TPSA) is 33.1 Å². The van der Waals surface area contributed by atoms with E-state index in [1.165, 1.54) is 17.1 Å². The van der Waals surface area contributed by atoms with E-state index in [0.717, 1.165) is 19.3 Å². The molecule has 13 heavy (non-hydrogen) atoms. The third-order valence-electron chi connectivity index (χ3n) is 3.60. The van der Waals surface area contributed by atoms with Crippen LogP contribution in [0.25, 0.3) is 0 Å². The average Bonchev–Trinajstić information content (AvgIpc) is 2.61. The van der Waals surface area contributed by atoms with Crippen molar-refractivity contribution in [3.63, 3.8) is 0 Å². The Hall–Kier alpha value is -0.410. The number of hydrogen-bond donors (Lipinski definition) is 1. The highest BCUT2D eigenvalue weighted by Crippen LogP contribution is 2.48. The lowest BCUT2D eigenvalue weighted by atomic mass is 9.73. The van der Waals surface area contributed by atoms with Crippen LogP contribution in [-0.2, 0) is 5.41 Å². The lowest BCUT2D eigenvalue weighted by Gasteiger charge is -2.36. The third kappa shape index (κ3) is 1.22. The fourth-order valence-electron chi connectivity index (χ4n) is 2.26. The van der Waals surface area contributed by atoms with E-state index in [4.69, 9.17) is 0 Å². The maximum absolute atomic E-state index is 10.3. The highest BCUT2D eigenvalue weighted by molar-refractivity contribution is 7.03. The van der Waals surface area contributed by atoms with E-state index in [1.807, 2.05) is 13.1 Å². The van der Waals surface area contributed by atoms with Gasteiger partial charge in [-0.15, -0.1) is 0 Å². The van der Waals surface area contributed by atoms with Gasteiger partial charge in [-0.05, 0) is 43.3 Å². The van der Waals surface area contributed by atoms with Crippen LogP contribution in [0.2, 0.25) is 0 Å². The first kappa shape index (κ1) is 9.16. The van der Waals surface area contributed by atoms with Crippen molar-refractivity contribution >= 4 is 11.5 Å². The van der Waals surface area contributed by atoms with Gasteiger partial charge in [0.05, 0.1) is 5.60 Å². The Labute approximate surface area is 82.8 Å². The van der Waals surface area contributed by atoms with Crippen LogP contribution in [-0.4, -0.2) is 15.1 Å². The van der Waals surface area contributed by atoms with Crippen LogP contribution in [0.4, 0.5) is 0 Å². The van der Waals surface area contributed by atoms with Crippen molar-refractivity contribution in [2.24, 2.45) is 0 Å². The molecule has 1 N–H and O–H groups in total. The first-order valence-corrected chi connectivity index (χ1v) is 5.52. The molecule has 0 amide bonds. The highest BCUT2D eigenvalue weighted by atomic mass is 32.1. The van der Waals surface area contributed by atoms with Crippen molar-refractivity contribution in [3.8, 4) is 0 Å². The molecule has 1 fully saturated rings. The van der Waals surface area contributed by atoms with Gasteiger partial charge in [0.15, 0.2) is 0 Å². The standard InChI is InChI=1S/C10H15NOS/c1-9(8-6-11-13-7-8)4-3-5-10(9,2)12/h6-7,12H,3-5H2,1-2H3. The van der Waals surface area contributed by atoms with Crippen LogP contribution in [0, 0.1) is 0 Å². The molecule has 2 rings (SSSR count). The molecule has 1 aromatic rings. The van der Waals surface area contributed by atoms with E-state index in [2.05, 4.69) is 16.7 Å². The first-order chi connectivity index (χ1) is 6.06. The SMILES string of the molecule is CC1(O)CCCC1(C)c1cnsc1. The third-order valence-corrected chi connectivity index (χ3v) is 4.18. The van der Waals surface area contributed by atoms with E-state index < -0.39 is 5.60 Å². The minimum absolute atomic E-state index is 0.0833. The summed E-state index contributed by atoms with van der Waals surface area (Å²) in [5.41, 5.74) is 0.551. The molecule has 1 aliphatic rings. The van der Waals surface area contributed by atoms with Gasteiger partial charge in [0, 0.05) is 17.0 Å². The Bertz CT molecular complexity index is 294. The molecule has 0 aromatic carbocycles. The van der Waals surface area contributed by atoms with Gasteiger partial charge in [-0.1, -0.05) is 6.92 Å². The molecular weight excluding hydrogens is 182 g/mol. The molecule has 0 aliphatic heterocycles. The Morgan fingerprint density at radius 1 is 1.46 bits per heavy atom. The van der Waals surface area contributed by atoms with Crippen molar-refractivity contribution in [3.05, 3.63) is 17.1 Å². The van der Waals surface area contributed by atoms with Crippen LogP contribution in [0.1, 0.15) is 38.7 Å². The largest absolute Gasteiger partial charge is 0.389 e. The van der Waals surface area contributed by atoms with E-state index in [-0.39, 0.29) is 5.41 Å². The minimum atomic E-state index is -0.560. The second-order valence-corrected chi connectivity index (χ2v) is 5.03. The monoisotopic (exact) mass is 197 g/mol. The predicted octanol–water partition coefficient (Wildman–Crippen LogP) is 2.34. The zero-order valence-electron chi connectivity index (χ0n) is 8.08. The zero-order chi connectivity index (χ0) is 9.53. The van der Waals surface area contributed by atoms with Crippen LogP contribution < -0.4 is 0 Å². The lowest BCUT2D eigenvalue weighted by Crippen LogP contribution is -2.42. The second-order valence-electron chi connectivity index (χ2n) is 4.37. The van der Waals surface area contributed by atoms with Crippen LogP contribution in [0.3, 0.4) is 0 Å². The number of nitrogens with zero attached hydrogens (tertiary/aromatic N) is 1. The summed E-state index contributed by atoms with van der Waals surface area (Å²) in [4.78, 5) is 0. The van der Waals surface area contributed by atoms with Gasteiger partial charge in [0.2, 0.25) is 0 Å². The second kappa shape index (κ2) is 2.79. The zero-order valence-corrected chi connectivity index (χ0v) is 8.90. The van der Waals surface area contributed by atoms with E-state index in [1.54, 1.807) is 0 Å². The maximum Gasteiger partial charge on any atom is 0.0714 e. The summed E-state index contributed by atoms with van der Waals surface area (Å²) in [5, 5.41) is 12.3. The van der Waals surface area contributed by atoms with E-state index in [9.17, 15) is 5.11 Å². The molecule has 1 saturated carbocycles. The molecule has 72 valence electrons. The predicted molar refractivity (Wildman–Crippen MR) is 53.9 cm³/mol. The van der Waals surface area contributed by atoms with Crippen LogP contribution >= 0.6 is 11.5 Å². The molecule has 0 spiro atoms. The molecule has 0 saturated heterocycles. The lowest BCUT2D eigenvalue weighted by molar-refractivity contribution is 0.00700. The van der Waals surface area contributed by atoms with Crippen LogP contribution in [0.15, 0.2) is 11.6 Å². The molecule has 2 unspecified atom stereocenters. The quantitative estimate of drug-likeness (QED) is 0.749. The normalized spacial score (nSPS) is 39.6. The summed E-state index contributed by atoms with van der Waals surface area (Å²) in [6.07, 6.45) is 4.97. The summed E-state index contributed by atoms with van der Waals surface area (Å²) in [6, 6.07) is 0. The number of rotatable bonds is 1. The molecule has 3 heteroatoms. The highest BCUT2D eigenvalue weighted by Gasteiger charge is 2.48. The van der Waals surface area contributed by atoms with Gasteiger partial charge in [0.1, 0.15) is 0 Å². The van der Waals surface area contributed by atoms with Crippen molar-refractivity contribution < 1.29 is 5.11 Å². The molecule has 2 atom stereocenters. The molecule has 1 heterocycles. The van der Waals surface area contributed by atoms with Gasteiger partial charge in [-0.2, -0.15) is 0 Å². The minimum Gasteiger partial charge on any atom is -0.389 e. The first-order valence-electron chi connectivity index (χ1n) is 4.68. The number of aromatic nitrogens is 1. The molecule has 0 bridgehead atoms. The van der Waals surface area contributed by atoms with Crippen molar-refractivity contribution in [1.29, 1.82) is 0 Å². The summed E-state index contributed by atoms with van der Waals surface area (Å²) in [5.74, 6) is 0. The number of hydrogen-bond acceptors (Lipinski definition) is 3. The van der Waals surface area contributed by atoms with Gasteiger partial charge in [-0.3, -0.25) is 0 Å². The Balaban J connectivity index is 2.40. The van der Waals surface area contributed by atoms with Gasteiger partial charge >= 0.3 is 0 Å².